The molecule has 3 unspecified atom stereocenters. The lowest BCUT2D eigenvalue weighted by Gasteiger charge is -2.72. The normalized spacial score (nSPS) is 40.9. The molecule has 8 atom stereocenters. The quantitative estimate of drug-likeness (QED) is 0.350. The summed E-state index contributed by atoms with van der Waals surface area (Å²) >= 11 is 0. The summed E-state index contributed by atoms with van der Waals surface area (Å²) in [6, 6.07) is 8.01. The van der Waals surface area contributed by atoms with Crippen molar-refractivity contribution in [3.05, 3.63) is 41.0 Å². The minimum absolute atomic E-state index is 0.00792. The number of hydrogen-bond donors (Lipinski definition) is 1. The van der Waals surface area contributed by atoms with Crippen LogP contribution in [0.25, 0.3) is 0 Å². The number of Topliss-reactive ketones (excluding diaryl/α,β-unsaturated/α-hetero) is 1. The lowest BCUT2D eigenvalue weighted by atomic mass is 9.33. The number of anilines is 1. The van der Waals surface area contributed by atoms with Crippen LogP contribution in [0.3, 0.4) is 0 Å². The summed E-state index contributed by atoms with van der Waals surface area (Å²) in [5, 5.41) is 3.28. The van der Waals surface area contributed by atoms with Crippen molar-refractivity contribution < 1.29 is 19.1 Å². The number of nitrogens with one attached hydrogen (secondary N) is 1. The van der Waals surface area contributed by atoms with Gasteiger partial charge >= 0.3 is 5.97 Å². The molecule has 0 spiro atoms. The topological polar surface area (TPSA) is 72.5 Å². The highest BCUT2D eigenvalue weighted by Crippen LogP contribution is 2.76. The largest absolute Gasteiger partial charge is 0.462 e. The second kappa shape index (κ2) is 10.3. The number of benzene rings is 1. The number of fused-ring (bicyclic) bond motifs is 7. The number of ether oxygens (including phenoxy) is 1. The Morgan fingerprint density at radius 1 is 0.909 bits per heavy atom. The SMILES string of the molecule is CC(=O)O[C@H]1CC[C@@]2(C)C(CC[C@]3(C)C2CCC2C4=C(C(C)C)C(=O)C[C@]4(C(=O)Nc4cccc(C)c4)CC[C@]23C)C1(C)C. The van der Waals surface area contributed by atoms with E-state index in [9.17, 15) is 14.4 Å². The zero-order valence-corrected chi connectivity index (χ0v) is 28.7. The van der Waals surface area contributed by atoms with E-state index in [0.717, 1.165) is 68.2 Å². The predicted octanol–water partition coefficient (Wildman–Crippen LogP) is 8.85. The van der Waals surface area contributed by atoms with E-state index < -0.39 is 5.41 Å². The van der Waals surface area contributed by atoms with Gasteiger partial charge in [-0.2, -0.15) is 0 Å². The predicted molar refractivity (Wildman–Crippen MR) is 175 cm³/mol. The van der Waals surface area contributed by atoms with Gasteiger partial charge in [-0.05, 0) is 127 Å². The van der Waals surface area contributed by atoms with Crippen LogP contribution in [0.4, 0.5) is 5.69 Å². The third kappa shape index (κ3) is 4.26. The van der Waals surface area contributed by atoms with Crippen molar-refractivity contribution in [3.63, 3.8) is 0 Å². The Morgan fingerprint density at radius 2 is 1.64 bits per heavy atom. The Labute approximate surface area is 265 Å². The Morgan fingerprint density at radius 3 is 2.30 bits per heavy atom. The lowest BCUT2D eigenvalue weighted by molar-refractivity contribution is -0.232. The molecule has 4 fully saturated rings. The monoisotopic (exact) mass is 601 g/mol. The molecule has 1 aromatic rings. The summed E-state index contributed by atoms with van der Waals surface area (Å²) in [5.74, 6) is 1.41. The molecule has 1 aromatic carbocycles. The van der Waals surface area contributed by atoms with Crippen LogP contribution in [0.15, 0.2) is 35.4 Å². The van der Waals surface area contributed by atoms with Crippen molar-refractivity contribution in [1.82, 2.24) is 0 Å². The first-order valence-corrected chi connectivity index (χ1v) is 17.3. The van der Waals surface area contributed by atoms with Crippen LogP contribution in [0.2, 0.25) is 0 Å². The molecule has 1 N–H and O–H groups in total. The zero-order valence-electron chi connectivity index (χ0n) is 28.7. The van der Waals surface area contributed by atoms with Gasteiger partial charge in [0.2, 0.25) is 5.91 Å². The molecule has 0 saturated heterocycles. The van der Waals surface area contributed by atoms with Crippen molar-refractivity contribution in [1.29, 1.82) is 0 Å². The van der Waals surface area contributed by atoms with Gasteiger partial charge in [-0.3, -0.25) is 14.4 Å². The molecular formula is C39H55NO4. The smallest absolute Gasteiger partial charge is 0.302 e. The molecule has 4 saturated carbocycles. The molecule has 0 aliphatic heterocycles. The summed E-state index contributed by atoms with van der Waals surface area (Å²) in [6.07, 6.45) is 8.42. The average Bonchev–Trinajstić information content (AvgIpc) is 3.24. The maximum absolute atomic E-state index is 14.4. The van der Waals surface area contributed by atoms with E-state index in [1.165, 1.54) is 5.57 Å². The molecule has 240 valence electrons. The van der Waals surface area contributed by atoms with E-state index in [1.54, 1.807) is 6.92 Å². The highest BCUT2D eigenvalue weighted by molar-refractivity contribution is 6.10. The van der Waals surface area contributed by atoms with E-state index >= 15 is 0 Å². The molecule has 5 aliphatic carbocycles. The number of carbonyl (C=O) groups is 3. The number of carbonyl (C=O) groups excluding carboxylic acids is 3. The number of hydrogen-bond acceptors (Lipinski definition) is 4. The molecular weight excluding hydrogens is 546 g/mol. The highest BCUT2D eigenvalue weighted by Gasteiger charge is 2.71. The second-order valence-corrected chi connectivity index (χ2v) is 17.1. The fraction of sp³-hybridized carbons (Fsp3) is 0.718. The van der Waals surface area contributed by atoms with Gasteiger partial charge in [0.25, 0.3) is 0 Å². The van der Waals surface area contributed by atoms with Gasteiger partial charge in [0, 0.05) is 24.4 Å². The third-order valence-corrected chi connectivity index (χ3v) is 14.4. The fourth-order valence-electron chi connectivity index (χ4n) is 12.3. The first kappa shape index (κ1) is 31.5. The van der Waals surface area contributed by atoms with E-state index in [4.69, 9.17) is 4.74 Å². The van der Waals surface area contributed by atoms with Crippen LogP contribution in [-0.4, -0.2) is 23.8 Å². The van der Waals surface area contributed by atoms with Crippen molar-refractivity contribution in [2.75, 3.05) is 5.32 Å². The molecule has 0 radical (unpaired) electrons. The maximum Gasteiger partial charge on any atom is 0.302 e. The summed E-state index contributed by atoms with van der Waals surface area (Å²) in [4.78, 5) is 40.3. The molecule has 0 bridgehead atoms. The van der Waals surface area contributed by atoms with Gasteiger partial charge in [0.1, 0.15) is 6.10 Å². The molecule has 5 heteroatoms. The molecule has 44 heavy (non-hydrogen) atoms. The van der Waals surface area contributed by atoms with Crippen LogP contribution in [0, 0.1) is 57.7 Å². The van der Waals surface area contributed by atoms with Crippen molar-refractivity contribution >= 4 is 23.3 Å². The number of allylic oxidation sites excluding steroid dienone is 1. The minimum Gasteiger partial charge on any atom is -0.462 e. The van der Waals surface area contributed by atoms with E-state index in [1.807, 2.05) is 31.2 Å². The number of amides is 1. The van der Waals surface area contributed by atoms with Gasteiger partial charge < -0.3 is 10.1 Å². The molecule has 1 amide bonds. The van der Waals surface area contributed by atoms with Gasteiger partial charge in [0.05, 0.1) is 5.41 Å². The van der Waals surface area contributed by atoms with Crippen molar-refractivity contribution in [2.45, 2.75) is 126 Å². The Hall–Kier alpha value is -2.43. The first-order valence-electron chi connectivity index (χ1n) is 17.3. The number of ketones is 1. The Kier molecular flexibility index (Phi) is 7.38. The van der Waals surface area contributed by atoms with Crippen LogP contribution < -0.4 is 5.32 Å². The summed E-state index contributed by atoms with van der Waals surface area (Å²) < 4.78 is 5.93. The fourth-order valence-corrected chi connectivity index (χ4v) is 12.3. The zero-order chi connectivity index (χ0) is 32.0. The van der Waals surface area contributed by atoms with Gasteiger partial charge in [-0.1, -0.05) is 60.6 Å². The van der Waals surface area contributed by atoms with Crippen molar-refractivity contribution in [2.24, 2.45) is 50.7 Å². The first-order chi connectivity index (χ1) is 20.5. The molecule has 5 aliphatic rings. The highest BCUT2D eigenvalue weighted by atomic mass is 16.5. The second-order valence-electron chi connectivity index (χ2n) is 17.1. The molecule has 0 aromatic heterocycles. The molecule has 6 rings (SSSR count). The average molecular weight is 602 g/mol. The Balaban J connectivity index is 1.39. The summed E-state index contributed by atoms with van der Waals surface area (Å²) in [7, 11) is 0. The van der Waals surface area contributed by atoms with Crippen molar-refractivity contribution in [3.8, 4) is 0 Å². The van der Waals surface area contributed by atoms with Crippen LogP contribution in [-0.2, 0) is 19.1 Å². The van der Waals surface area contributed by atoms with Gasteiger partial charge in [-0.15, -0.1) is 0 Å². The number of rotatable bonds is 4. The third-order valence-electron chi connectivity index (χ3n) is 14.4. The van der Waals surface area contributed by atoms with Gasteiger partial charge in [-0.25, -0.2) is 0 Å². The van der Waals surface area contributed by atoms with E-state index in [0.29, 0.717) is 18.3 Å². The minimum atomic E-state index is -0.751. The van der Waals surface area contributed by atoms with Crippen LogP contribution in [0.1, 0.15) is 119 Å². The number of aryl methyl sites for hydroxylation is 1. The number of esters is 1. The molecule has 5 nitrogen and oxygen atoms in total. The van der Waals surface area contributed by atoms with E-state index in [2.05, 4.69) is 53.8 Å². The molecule has 0 heterocycles. The Bertz CT molecular complexity index is 1420. The summed E-state index contributed by atoms with van der Waals surface area (Å²) in [6.45, 7) is 20.2. The standard InChI is InChI=1S/C39H55NO4/c1-23(2)32-28(42)22-39(34(43)40-26-12-10-11-24(3)21-26)20-19-37(8)27(33(32)39)13-14-30-36(7)17-16-31(44-25(4)41)35(5,6)29(36)15-18-38(30,37)9/h10-12,21,23,27,29-31H,13-20,22H2,1-9H3,(H,40,43)/t27?,29?,30?,31-,36-,37+,38+,39+/m0/s1. The van der Waals surface area contributed by atoms with Crippen LogP contribution >= 0.6 is 0 Å². The van der Waals surface area contributed by atoms with Gasteiger partial charge in [0.15, 0.2) is 5.78 Å². The van der Waals surface area contributed by atoms with Crippen LogP contribution in [0.5, 0.6) is 0 Å². The lowest BCUT2D eigenvalue weighted by Crippen LogP contribution is -2.66. The van der Waals surface area contributed by atoms with E-state index in [-0.39, 0.29) is 57.3 Å². The summed E-state index contributed by atoms with van der Waals surface area (Å²) in [5.41, 5.74) is 3.53. The maximum atomic E-state index is 14.4.